The predicted molar refractivity (Wildman–Crippen MR) is 101 cm³/mol. The van der Waals surface area contributed by atoms with E-state index in [-0.39, 0.29) is 12.0 Å². The molecule has 1 atom stereocenters. The number of hydrogen-bond donors (Lipinski definition) is 2. The summed E-state index contributed by atoms with van der Waals surface area (Å²) in [6, 6.07) is 15.0. The highest BCUT2D eigenvalue weighted by Crippen LogP contribution is 2.22. The minimum Gasteiger partial charge on any atom is -0.374 e. The summed E-state index contributed by atoms with van der Waals surface area (Å²) in [6.45, 7) is 6.26. The molecular weight excluding hydrogens is 368 g/mol. The molecule has 0 aliphatic heterocycles. The Hall–Kier alpha value is -1.69. The highest BCUT2D eigenvalue weighted by molar-refractivity contribution is 9.10. The van der Waals surface area contributed by atoms with Gasteiger partial charge in [-0.25, -0.2) is 0 Å². The third-order valence-corrected chi connectivity index (χ3v) is 4.24. The van der Waals surface area contributed by atoms with Crippen LogP contribution in [0.3, 0.4) is 0 Å². The number of nitrogens with two attached hydrogens (primary N) is 1. The zero-order valence-electron chi connectivity index (χ0n) is 14.2. The molecule has 0 saturated carbocycles. The number of nitrogens with one attached hydrogen (secondary N) is 1. The molecule has 0 radical (unpaired) electrons. The van der Waals surface area contributed by atoms with Crippen LogP contribution >= 0.6 is 15.9 Å². The molecule has 1 unspecified atom stereocenters. The van der Waals surface area contributed by atoms with Crippen molar-refractivity contribution in [3.8, 4) is 0 Å². The third kappa shape index (κ3) is 4.90. The van der Waals surface area contributed by atoms with E-state index in [9.17, 15) is 4.79 Å². The van der Waals surface area contributed by atoms with Crippen LogP contribution in [0.5, 0.6) is 0 Å². The van der Waals surface area contributed by atoms with Crippen molar-refractivity contribution >= 4 is 27.5 Å². The van der Waals surface area contributed by atoms with Crippen molar-refractivity contribution in [2.24, 2.45) is 5.73 Å². The van der Waals surface area contributed by atoms with E-state index in [1.54, 1.807) is 6.92 Å². The first-order valence-electron chi connectivity index (χ1n) is 7.86. The average molecular weight is 391 g/mol. The topological polar surface area (TPSA) is 64.3 Å². The molecule has 2 aromatic rings. The highest BCUT2D eigenvalue weighted by Gasteiger charge is 2.30. The Labute approximate surface area is 151 Å². The van der Waals surface area contributed by atoms with E-state index in [4.69, 9.17) is 10.5 Å². The van der Waals surface area contributed by atoms with Crippen LogP contribution in [0.4, 0.5) is 5.69 Å². The lowest BCUT2D eigenvalue weighted by atomic mass is 9.92. The number of hydrogen-bond acceptors (Lipinski definition) is 3. The standard InChI is InChI=1S/C19H23BrN2O2/c1-13(2)24-12-14-4-10-17(11-5-14)22-18(23)19(3,21)15-6-8-16(20)9-7-15/h4-11,13H,12,21H2,1-3H3,(H,22,23). The van der Waals surface area contributed by atoms with E-state index in [0.29, 0.717) is 12.3 Å². The molecular formula is C19H23BrN2O2. The first-order valence-corrected chi connectivity index (χ1v) is 8.65. The Balaban J connectivity index is 2.04. The minimum absolute atomic E-state index is 0.188. The van der Waals surface area contributed by atoms with Gasteiger partial charge < -0.3 is 15.8 Å². The normalized spacial score (nSPS) is 13.6. The number of anilines is 1. The fraction of sp³-hybridized carbons (Fsp3) is 0.316. The second-order valence-corrected chi connectivity index (χ2v) is 7.14. The smallest absolute Gasteiger partial charge is 0.248 e. The van der Waals surface area contributed by atoms with Gasteiger partial charge in [0.1, 0.15) is 5.54 Å². The number of carbonyl (C=O) groups is 1. The third-order valence-electron chi connectivity index (χ3n) is 3.71. The Kier molecular flexibility index (Phi) is 6.15. The fourth-order valence-electron chi connectivity index (χ4n) is 2.14. The zero-order chi connectivity index (χ0) is 17.7. The predicted octanol–water partition coefficient (Wildman–Crippen LogP) is 4.19. The molecule has 0 saturated heterocycles. The van der Waals surface area contributed by atoms with Crippen LogP contribution in [0, 0.1) is 0 Å². The first kappa shape index (κ1) is 18.6. The van der Waals surface area contributed by atoms with Gasteiger partial charge in [0.05, 0.1) is 12.7 Å². The Morgan fingerprint density at radius 3 is 2.29 bits per heavy atom. The summed E-state index contributed by atoms with van der Waals surface area (Å²) in [4.78, 5) is 12.5. The molecule has 0 aliphatic carbocycles. The van der Waals surface area contributed by atoms with Gasteiger partial charge in [-0.2, -0.15) is 0 Å². The van der Waals surface area contributed by atoms with Crippen molar-refractivity contribution in [3.63, 3.8) is 0 Å². The van der Waals surface area contributed by atoms with Crippen LogP contribution in [-0.2, 0) is 21.7 Å². The summed E-state index contributed by atoms with van der Waals surface area (Å²) in [5.74, 6) is -0.254. The molecule has 0 fully saturated rings. The lowest BCUT2D eigenvalue weighted by molar-refractivity contribution is -0.120. The van der Waals surface area contributed by atoms with Crippen LogP contribution in [0.1, 0.15) is 31.9 Å². The molecule has 0 spiro atoms. The molecule has 24 heavy (non-hydrogen) atoms. The van der Waals surface area contributed by atoms with E-state index in [0.717, 1.165) is 15.6 Å². The Morgan fingerprint density at radius 2 is 1.75 bits per heavy atom. The molecule has 0 bridgehead atoms. The number of halogens is 1. The van der Waals surface area contributed by atoms with Crippen molar-refractivity contribution in [2.75, 3.05) is 5.32 Å². The molecule has 128 valence electrons. The quantitative estimate of drug-likeness (QED) is 0.776. The monoisotopic (exact) mass is 390 g/mol. The minimum atomic E-state index is -1.11. The van der Waals surface area contributed by atoms with Crippen molar-refractivity contribution in [1.82, 2.24) is 0 Å². The van der Waals surface area contributed by atoms with Crippen molar-refractivity contribution in [2.45, 2.75) is 39.0 Å². The van der Waals surface area contributed by atoms with E-state index in [1.807, 2.05) is 62.4 Å². The van der Waals surface area contributed by atoms with E-state index >= 15 is 0 Å². The molecule has 5 heteroatoms. The molecule has 0 aromatic heterocycles. The summed E-state index contributed by atoms with van der Waals surface area (Å²) in [5, 5.41) is 2.87. The molecule has 0 aliphatic rings. The first-order chi connectivity index (χ1) is 11.3. The van der Waals surface area contributed by atoms with Crippen molar-refractivity contribution < 1.29 is 9.53 Å². The van der Waals surface area contributed by atoms with Crippen LogP contribution in [0.15, 0.2) is 53.0 Å². The average Bonchev–Trinajstić information content (AvgIpc) is 2.54. The van der Waals surface area contributed by atoms with Gasteiger partial charge in [-0.05, 0) is 56.2 Å². The number of carbonyl (C=O) groups excluding carboxylic acids is 1. The van der Waals surface area contributed by atoms with Gasteiger partial charge in [-0.15, -0.1) is 0 Å². The molecule has 2 aromatic carbocycles. The largest absolute Gasteiger partial charge is 0.374 e. The van der Waals surface area contributed by atoms with Gasteiger partial charge in [0.2, 0.25) is 5.91 Å². The second kappa shape index (κ2) is 7.92. The Bertz CT molecular complexity index is 680. The van der Waals surface area contributed by atoms with Gasteiger partial charge in [0.15, 0.2) is 0 Å². The maximum Gasteiger partial charge on any atom is 0.248 e. The van der Waals surface area contributed by atoms with Gasteiger partial charge >= 0.3 is 0 Å². The summed E-state index contributed by atoms with van der Waals surface area (Å²) >= 11 is 3.38. The lowest BCUT2D eigenvalue weighted by Crippen LogP contribution is -2.45. The SMILES string of the molecule is CC(C)OCc1ccc(NC(=O)C(C)(N)c2ccc(Br)cc2)cc1. The zero-order valence-corrected chi connectivity index (χ0v) is 15.8. The Morgan fingerprint density at radius 1 is 1.17 bits per heavy atom. The van der Waals surface area contributed by atoms with Crippen LogP contribution in [0.2, 0.25) is 0 Å². The summed E-state index contributed by atoms with van der Waals surface area (Å²) in [6.07, 6.45) is 0.188. The summed E-state index contributed by atoms with van der Waals surface area (Å²) < 4.78 is 6.51. The van der Waals surface area contributed by atoms with E-state index in [2.05, 4.69) is 21.2 Å². The molecule has 3 N–H and O–H groups in total. The molecule has 1 amide bonds. The number of benzene rings is 2. The van der Waals surface area contributed by atoms with Crippen molar-refractivity contribution in [1.29, 1.82) is 0 Å². The summed E-state index contributed by atoms with van der Waals surface area (Å²) in [5.41, 5.74) is 7.66. The fourth-order valence-corrected chi connectivity index (χ4v) is 2.40. The second-order valence-electron chi connectivity index (χ2n) is 6.22. The van der Waals surface area contributed by atoms with Gasteiger partial charge in [0.25, 0.3) is 0 Å². The van der Waals surface area contributed by atoms with E-state index in [1.165, 1.54) is 0 Å². The van der Waals surface area contributed by atoms with Crippen LogP contribution in [-0.4, -0.2) is 12.0 Å². The lowest BCUT2D eigenvalue weighted by Gasteiger charge is -2.24. The number of ether oxygens (including phenoxy) is 1. The molecule has 4 nitrogen and oxygen atoms in total. The van der Waals surface area contributed by atoms with Crippen LogP contribution in [0.25, 0.3) is 0 Å². The van der Waals surface area contributed by atoms with Gasteiger partial charge in [0, 0.05) is 10.2 Å². The van der Waals surface area contributed by atoms with E-state index < -0.39 is 5.54 Å². The number of rotatable bonds is 6. The maximum atomic E-state index is 12.5. The van der Waals surface area contributed by atoms with Crippen molar-refractivity contribution in [3.05, 3.63) is 64.1 Å². The summed E-state index contributed by atoms with van der Waals surface area (Å²) in [7, 11) is 0. The van der Waals surface area contributed by atoms with Crippen LogP contribution < -0.4 is 11.1 Å². The molecule has 0 heterocycles. The highest BCUT2D eigenvalue weighted by atomic mass is 79.9. The molecule has 2 rings (SSSR count). The van der Waals surface area contributed by atoms with Gasteiger partial charge in [-0.1, -0.05) is 40.2 Å². The van der Waals surface area contributed by atoms with Gasteiger partial charge in [-0.3, -0.25) is 4.79 Å². The maximum absolute atomic E-state index is 12.5. The number of amides is 1.